The van der Waals surface area contributed by atoms with Gasteiger partial charge >= 0.3 is 0 Å². The number of hydrogen-bond acceptors (Lipinski definition) is 2. The summed E-state index contributed by atoms with van der Waals surface area (Å²) in [6, 6.07) is 0. The summed E-state index contributed by atoms with van der Waals surface area (Å²) in [7, 11) is 0. The minimum atomic E-state index is 0.0296. The van der Waals surface area contributed by atoms with Crippen LogP contribution in [0.25, 0.3) is 0 Å². The average molecular weight is 221 g/mol. The molecule has 89 valence electrons. The SMILES string of the molecule is CC(C)CC(=O)N(N)CCC1=CC[CH]C=C1. The van der Waals surface area contributed by atoms with Gasteiger partial charge in [-0.25, -0.2) is 5.84 Å². The van der Waals surface area contributed by atoms with Gasteiger partial charge in [0.1, 0.15) is 0 Å². The maximum atomic E-state index is 11.6. The van der Waals surface area contributed by atoms with Gasteiger partial charge in [0.2, 0.25) is 5.91 Å². The molecule has 16 heavy (non-hydrogen) atoms. The van der Waals surface area contributed by atoms with Crippen LogP contribution in [0.15, 0.2) is 23.8 Å². The van der Waals surface area contributed by atoms with E-state index in [2.05, 4.69) is 18.6 Å². The largest absolute Gasteiger partial charge is 0.280 e. The third kappa shape index (κ3) is 4.62. The number of carbonyl (C=O) groups excluding carboxylic acids is 1. The molecule has 3 heteroatoms. The third-order valence-corrected chi connectivity index (χ3v) is 2.51. The predicted octanol–water partition coefficient (Wildman–Crippen LogP) is 2.22. The number of hydrazine groups is 1. The highest BCUT2D eigenvalue weighted by atomic mass is 16.2. The highest BCUT2D eigenvalue weighted by Gasteiger charge is 2.11. The molecule has 0 spiro atoms. The Bertz CT molecular complexity index is 292. The van der Waals surface area contributed by atoms with Gasteiger partial charge in [0, 0.05) is 13.0 Å². The molecule has 1 aliphatic rings. The lowest BCUT2D eigenvalue weighted by Crippen LogP contribution is -2.38. The van der Waals surface area contributed by atoms with Crippen LogP contribution in [-0.4, -0.2) is 17.5 Å². The molecule has 0 aromatic rings. The molecule has 0 atom stereocenters. The fourth-order valence-corrected chi connectivity index (χ4v) is 1.58. The van der Waals surface area contributed by atoms with Crippen LogP contribution < -0.4 is 5.84 Å². The van der Waals surface area contributed by atoms with Gasteiger partial charge in [-0.3, -0.25) is 9.80 Å². The summed E-state index contributed by atoms with van der Waals surface area (Å²) < 4.78 is 0. The molecule has 1 aliphatic carbocycles. The zero-order valence-corrected chi connectivity index (χ0v) is 10.1. The fraction of sp³-hybridized carbons (Fsp3) is 0.538. The number of nitrogens with zero attached hydrogens (tertiary/aromatic N) is 1. The van der Waals surface area contributed by atoms with Crippen molar-refractivity contribution in [3.8, 4) is 0 Å². The van der Waals surface area contributed by atoms with E-state index in [4.69, 9.17) is 5.84 Å². The second-order valence-electron chi connectivity index (χ2n) is 4.54. The van der Waals surface area contributed by atoms with E-state index >= 15 is 0 Å². The van der Waals surface area contributed by atoms with E-state index in [1.165, 1.54) is 10.6 Å². The fourth-order valence-electron chi connectivity index (χ4n) is 1.58. The van der Waals surface area contributed by atoms with Gasteiger partial charge in [0.25, 0.3) is 0 Å². The summed E-state index contributed by atoms with van der Waals surface area (Å²) >= 11 is 0. The summed E-state index contributed by atoms with van der Waals surface area (Å²) in [4.78, 5) is 11.6. The van der Waals surface area contributed by atoms with Crippen molar-refractivity contribution in [2.75, 3.05) is 6.54 Å². The van der Waals surface area contributed by atoms with Gasteiger partial charge in [-0.05, 0) is 25.2 Å². The molecule has 3 nitrogen and oxygen atoms in total. The first kappa shape index (κ1) is 13.0. The lowest BCUT2D eigenvalue weighted by molar-refractivity contribution is -0.132. The molecule has 0 heterocycles. The van der Waals surface area contributed by atoms with Gasteiger partial charge in [0.15, 0.2) is 0 Å². The third-order valence-electron chi connectivity index (χ3n) is 2.51. The number of hydrogen-bond donors (Lipinski definition) is 1. The molecule has 1 rings (SSSR count). The van der Waals surface area contributed by atoms with E-state index in [-0.39, 0.29) is 5.91 Å². The van der Waals surface area contributed by atoms with Crippen molar-refractivity contribution in [1.29, 1.82) is 0 Å². The van der Waals surface area contributed by atoms with Crippen LogP contribution >= 0.6 is 0 Å². The first-order valence-corrected chi connectivity index (χ1v) is 5.83. The Hall–Kier alpha value is -1.09. The summed E-state index contributed by atoms with van der Waals surface area (Å²) in [6.45, 7) is 4.64. The Morgan fingerprint density at radius 1 is 1.56 bits per heavy atom. The number of rotatable bonds is 5. The van der Waals surface area contributed by atoms with Crippen LogP contribution in [-0.2, 0) is 4.79 Å². The van der Waals surface area contributed by atoms with Crippen molar-refractivity contribution in [2.45, 2.75) is 33.1 Å². The normalized spacial score (nSPS) is 15.1. The Labute approximate surface area is 98.0 Å². The van der Waals surface area contributed by atoms with Crippen LogP contribution in [0.2, 0.25) is 0 Å². The molecule has 1 amide bonds. The van der Waals surface area contributed by atoms with Crippen molar-refractivity contribution >= 4 is 5.91 Å². The topological polar surface area (TPSA) is 46.3 Å². The lowest BCUT2D eigenvalue weighted by Gasteiger charge is -2.18. The van der Waals surface area contributed by atoms with E-state index in [0.717, 1.165) is 12.8 Å². The molecule has 0 aliphatic heterocycles. The van der Waals surface area contributed by atoms with E-state index in [0.29, 0.717) is 18.9 Å². The van der Waals surface area contributed by atoms with Crippen LogP contribution in [0, 0.1) is 12.3 Å². The molecule has 0 saturated heterocycles. The van der Waals surface area contributed by atoms with Gasteiger partial charge in [0.05, 0.1) is 0 Å². The maximum absolute atomic E-state index is 11.6. The minimum absolute atomic E-state index is 0.0296. The molecular weight excluding hydrogens is 200 g/mol. The molecular formula is C13H21N2O. The Balaban J connectivity index is 2.29. The first-order valence-electron chi connectivity index (χ1n) is 5.83. The maximum Gasteiger partial charge on any atom is 0.236 e. The zero-order chi connectivity index (χ0) is 12.0. The lowest BCUT2D eigenvalue weighted by atomic mass is 10.0. The van der Waals surface area contributed by atoms with Crippen LogP contribution in [0.4, 0.5) is 0 Å². The highest BCUT2D eigenvalue weighted by molar-refractivity contribution is 5.75. The summed E-state index contributed by atoms with van der Waals surface area (Å²) in [5.74, 6) is 6.10. The quantitative estimate of drug-likeness (QED) is 0.439. The van der Waals surface area contributed by atoms with Gasteiger partial charge in [-0.15, -0.1) is 0 Å². The molecule has 1 radical (unpaired) electrons. The average Bonchev–Trinajstić information content (AvgIpc) is 2.26. The summed E-state index contributed by atoms with van der Waals surface area (Å²) in [6.07, 6.45) is 10.7. The van der Waals surface area contributed by atoms with Gasteiger partial charge < -0.3 is 0 Å². The van der Waals surface area contributed by atoms with Crippen LogP contribution in [0.5, 0.6) is 0 Å². The molecule has 0 aromatic heterocycles. The van der Waals surface area contributed by atoms with Crippen molar-refractivity contribution in [3.63, 3.8) is 0 Å². The van der Waals surface area contributed by atoms with Crippen molar-refractivity contribution in [3.05, 3.63) is 30.2 Å². The number of carbonyl (C=O) groups is 1. The molecule has 0 fully saturated rings. The second-order valence-corrected chi connectivity index (χ2v) is 4.54. The van der Waals surface area contributed by atoms with E-state index in [9.17, 15) is 4.79 Å². The Kier molecular flexibility index (Phi) is 5.26. The smallest absolute Gasteiger partial charge is 0.236 e. The molecule has 0 saturated carbocycles. The number of amides is 1. The van der Waals surface area contributed by atoms with E-state index < -0.39 is 0 Å². The van der Waals surface area contributed by atoms with Crippen molar-refractivity contribution in [2.24, 2.45) is 11.8 Å². The highest BCUT2D eigenvalue weighted by Crippen LogP contribution is 2.12. The number of nitrogens with two attached hydrogens (primary N) is 1. The number of allylic oxidation sites excluding steroid dienone is 3. The van der Waals surface area contributed by atoms with Crippen LogP contribution in [0.3, 0.4) is 0 Å². The van der Waals surface area contributed by atoms with Crippen LogP contribution in [0.1, 0.15) is 33.1 Å². The molecule has 0 unspecified atom stereocenters. The van der Waals surface area contributed by atoms with Gasteiger partial charge in [-0.2, -0.15) is 0 Å². The summed E-state index contributed by atoms with van der Waals surface area (Å²) in [5, 5.41) is 1.34. The zero-order valence-electron chi connectivity index (χ0n) is 10.1. The predicted molar refractivity (Wildman–Crippen MR) is 66.1 cm³/mol. The Morgan fingerprint density at radius 3 is 2.88 bits per heavy atom. The van der Waals surface area contributed by atoms with E-state index in [1.807, 2.05) is 19.9 Å². The minimum Gasteiger partial charge on any atom is -0.280 e. The first-order chi connectivity index (χ1) is 7.59. The standard InChI is InChI=1S/C13H21N2O/c1-11(2)10-13(16)15(14)9-8-12-6-4-3-5-7-12/h3-4,6-7,11H,5,8-10,14H2,1-2H3. The van der Waals surface area contributed by atoms with Crippen molar-refractivity contribution in [1.82, 2.24) is 5.01 Å². The summed E-state index contributed by atoms with van der Waals surface area (Å²) in [5.41, 5.74) is 1.26. The van der Waals surface area contributed by atoms with Gasteiger partial charge in [-0.1, -0.05) is 37.6 Å². The molecule has 0 aromatic carbocycles. The second kappa shape index (κ2) is 6.48. The molecule has 0 bridgehead atoms. The molecule has 2 N–H and O–H groups in total. The van der Waals surface area contributed by atoms with E-state index in [1.54, 1.807) is 0 Å². The van der Waals surface area contributed by atoms with Crippen molar-refractivity contribution < 1.29 is 4.79 Å². The monoisotopic (exact) mass is 221 g/mol. The Morgan fingerprint density at radius 2 is 2.31 bits per heavy atom.